The molecule has 1 aromatic carbocycles. The Labute approximate surface area is 110 Å². The van der Waals surface area contributed by atoms with Gasteiger partial charge in [-0.3, -0.25) is 0 Å². The highest BCUT2D eigenvalue weighted by Gasteiger charge is 2.23. The number of nitrogens with one attached hydrogen (secondary N) is 1. The average Bonchev–Trinajstić information content (AvgIpc) is 2.86. The molecule has 19 heavy (non-hydrogen) atoms. The Morgan fingerprint density at radius 3 is 2.95 bits per heavy atom. The van der Waals surface area contributed by atoms with Crippen molar-refractivity contribution in [2.75, 3.05) is 24.3 Å². The number of hydrogen-bond donors (Lipinski definition) is 3. The standard InChI is InChI=1S/C13H17FN2O3/c1-7(8-2-3-19-6-8)16-12-5-10(14)9(13(17)18)4-11(12)15/h4-5,7-8,16H,2-3,6,15H2,1H3,(H,17,18). The summed E-state index contributed by atoms with van der Waals surface area (Å²) in [6.45, 7) is 3.38. The second-order valence-corrected chi connectivity index (χ2v) is 4.78. The summed E-state index contributed by atoms with van der Waals surface area (Å²) in [5.41, 5.74) is 5.98. The summed E-state index contributed by atoms with van der Waals surface area (Å²) in [6.07, 6.45) is 0.948. The lowest BCUT2D eigenvalue weighted by atomic mass is 10.00. The van der Waals surface area contributed by atoms with Gasteiger partial charge in [0.05, 0.1) is 23.5 Å². The molecule has 0 amide bonds. The number of nitrogens with two attached hydrogens (primary N) is 1. The third kappa shape index (κ3) is 2.96. The molecule has 104 valence electrons. The molecule has 0 saturated carbocycles. The van der Waals surface area contributed by atoms with Crippen LogP contribution in [0.2, 0.25) is 0 Å². The van der Waals surface area contributed by atoms with Gasteiger partial charge in [-0.1, -0.05) is 0 Å². The van der Waals surface area contributed by atoms with Crippen molar-refractivity contribution in [1.82, 2.24) is 0 Å². The van der Waals surface area contributed by atoms with E-state index in [0.717, 1.165) is 25.2 Å². The minimum Gasteiger partial charge on any atom is -0.478 e. The minimum absolute atomic E-state index is 0.0832. The van der Waals surface area contributed by atoms with Gasteiger partial charge in [0, 0.05) is 18.6 Å². The maximum absolute atomic E-state index is 13.6. The topological polar surface area (TPSA) is 84.6 Å². The third-order valence-electron chi connectivity index (χ3n) is 3.42. The first-order valence-electron chi connectivity index (χ1n) is 6.15. The van der Waals surface area contributed by atoms with Gasteiger partial charge in [0.15, 0.2) is 0 Å². The van der Waals surface area contributed by atoms with E-state index in [4.69, 9.17) is 15.6 Å². The van der Waals surface area contributed by atoms with Gasteiger partial charge >= 0.3 is 5.97 Å². The molecule has 0 aromatic heterocycles. The molecule has 5 nitrogen and oxygen atoms in total. The van der Waals surface area contributed by atoms with E-state index in [-0.39, 0.29) is 11.7 Å². The van der Waals surface area contributed by atoms with Crippen LogP contribution in [-0.2, 0) is 4.74 Å². The molecule has 2 rings (SSSR count). The van der Waals surface area contributed by atoms with Crippen LogP contribution in [0, 0.1) is 11.7 Å². The van der Waals surface area contributed by atoms with E-state index in [1.54, 1.807) is 0 Å². The smallest absolute Gasteiger partial charge is 0.338 e. The molecule has 0 bridgehead atoms. The van der Waals surface area contributed by atoms with E-state index < -0.39 is 17.3 Å². The molecule has 0 aliphatic carbocycles. The summed E-state index contributed by atoms with van der Waals surface area (Å²) in [5.74, 6) is -1.77. The number of hydrogen-bond acceptors (Lipinski definition) is 4. The zero-order chi connectivity index (χ0) is 14.0. The van der Waals surface area contributed by atoms with Gasteiger partial charge in [-0.2, -0.15) is 0 Å². The van der Waals surface area contributed by atoms with Gasteiger partial charge < -0.3 is 20.9 Å². The van der Waals surface area contributed by atoms with E-state index in [0.29, 0.717) is 18.2 Å². The first kappa shape index (κ1) is 13.6. The van der Waals surface area contributed by atoms with Crippen LogP contribution in [-0.4, -0.2) is 30.3 Å². The number of carbonyl (C=O) groups is 1. The van der Waals surface area contributed by atoms with Gasteiger partial charge in [0.2, 0.25) is 0 Å². The molecule has 4 N–H and O–H groups in total. The van der Waals surface area contributed by atoms with E-state index >= 15 is 0 Å². The maximum atomic E-state index is 13.6. The lowest BCUT2D eigenvalue weighted by molar-refractivity contribution is 0.0692. The van der Waals surface area contributed by atoms with Crippen LogP contribution in [0.4, 0.5) is 15.8 Å². The van der Waals surface area contributed by atoms with Gasteiger partial charge in [0.1, 0.15) is 5.82 Å². The average molecular weight is 268 g/mol. The lowest BCUT2D eigenvalue weighted by Crippen LogP contribution is -2.26. The third-order valence-corrected chi connectivity index (χ3v) is 3.42. The SMILES string of the molecule is CC(Nc1cc(F)c(C(=O)O)cc1N)C1CCOC1. The Hall–Kier alpha value is -1.82. The number of carboxylic acids is 1. The summed E-state index contributed by atoms with van der Waals surface area (Å²) < 4.78 is 18.9. The fourth-order valence-electron chi connectivity index (χ4n) is 2.19. The Morgan fingerprint density at radius 1 is 1.63 bits per heavy atom. The Morgan fingerprint density at radius 2 is 2.37 bits per heavy atom. The van der Waals surface area contributed by atoms with Gasteiger partial charge in [0.25, 0.3) is 0 Å². The highest BCUT2D eigenvalue weighted by molar-refractivity contribution is 5.90. The number of benzene rings is 1. The van der Waals surface area contributed by atoms with Crippen LogP contribution < -0.4 is 11.1 Å². The summed E-state index contributed by atoms with van der Waals surface area (Å²) in [7, 11) is 0. The molecule has 2 unspecified atom stereocenters. The number of halogens is 1. The molecule has 1 fully saturated rings. The first-order chi connectivity index (χ1) is 8.99. The van der Waals surface area contributed by atoms with Crippen LogP contribution in [0.15, 0.2) is 12.1 Å². The maximum Gasteiger partial charge on any atom is 0.338 e. The van der Waals surface area contributed by atoms with E-state index in [1.165, 1.54) is 0 Å². The summed E-state index contributed by atoms with van der Waals surface area (Å²) in [6, 6.07) is 2.35. The molecule has 1 aliphatic rings. The monoisotopic (exact) mass is 268 g/mol. The van der Waals surface area contributed by atoms with Crippen molar-refractivity contribution in [3.63, 3.8) is 0 Å². The number of anilines is 2. The Kier molecular flexibility index (Phi) is 3.90. The van der Waals surface area contributed by atoms with Crippen LogP contribution >= 0.6 is 0 Å². The predicted molar refractivity (Wildman–Crippen MR) is 69.8 cm³/mol. The van der Waals surface area contributed by atoms with Gasteiger partial charge in [-0.05, 0) is 25.5 Å². The quantitative estimate of drug-likeness (QED) is 0.727. The van der Waals surface area contributed by atoms with Crippen molar-refractivity contribution >= 4 is 17.3 Å². The number of rotatable bonds is 4. The zero-order valence-corrected chi connectivity index (χ0v) is 10.6. The number of aromatic carboxylic acids is 1. The van der Waals surface area contributed by atoms with Crippen LogP contribution in [0.1, 0.15) is 23.7 Å². The molecule has 0 spiro atoms. The number of carboxylic acid groups (broad SMARTS) is 1. The molecular formula is C13H17FN2O3. The number of ether oxygens (including phenoxy) is 1. The molecule has 2 atom stereocenters. The minimum atomic E-state index is -1.33. The molecule has 1 aliphatic heterocycles. The van der Waals surface area contributed by atoms with Crippen molar-refractivity contribution < 1.29 is 19.0 Å². The summed E-state index contributed by atoms with van der Waals surface area (Å²) in [5, 5.41) is 11.9. The molecular weight excluding hydrogens is 251 g/mol. The molecule has 1 saturated heterocycles. The predicted octanol–water partition coefficient (Wildman–Crippen LogP) is 1.94. The largest absolute Gasteiger partial charge is 0.478 e. The van der Waals surface area contributed by atoms with Crippen molar-refractivity contribution in [1.29, 1.82) is 0 Å². The second-order valence-electron chi connectivity index (χ2n) is 4.78. The van der Waals surface area contributed by atoms with Gasteiger partial charge in [-0.15, -0.1) is 0 Å². The highest BCUT2D eigenvalue weighted by Crippen LogP contribution is 2.26. The molecule has 1 aromatic rings. The normalized spacial score (nSPS) is 20.2. The van der Waals surface area contributed by atoms with Crippen LogP contribution in [0.3, 0.4) is 0 Å². The van der Waals surface area contributed by atoms with Crippen LogP contribution in [0.25, 0.3) is 0 Å². The molecule has 6 heteroatoms. The van der Waals surface area contributed by atoms with Crippen LogP contribution in [0.5, 0.6) is 0 Å². The van der Waals surface area contributed by atoms with E-state index in [2.05, 4.69) is 5.32 Å². The fraction of sp³-hybridized carbons (Fsp3) is 0.462. The van der Waals surface area contributed by atoms with E-state index in [9.17, 15) is 9.18 Å². The Bertz CT molecular complexity index is 487. The molecule has 1 heterocycles. The fourth-order valence-corrected chi connectivity index (χ4v) is 2.19. The lowest BCUT2D eigenvalue weighted by Gasteiger charge is -2.21. The van der Waals surface area contributed by atoms with Crippen molar-refractivity contribution in [2.45, 2.75) is 19.4 Å². The second kappa shape index (κ2) is 5.44. The van der Waals surface area contributed by atoms with Crippen molar-refractivity contribution in [3.8, 4) is 0 Å². The molecule has 0 radical (unpaired) electrons. The Balaban J connectivity index is 2.16. The number of nitrogen functional groups attached to an aromatic ring is 1. The van der Waals surface area contributed by atoms with Crippen molar-refractivity contribution in [3.05, 3.63) is 23.5 Å². The highest BCUT2D eigenvalue weighted by atomic mass is 19.1. The van der Waals surface area contributed by atoms with Crippen molar-refractivity contribution in [2.24, 2.45) is 5.92 Å². The van der Waals surface area contributed by atoms with Gasteiger partial charge in [-0.25, -0.2) is 9.18 Å². The summed E-state index contributed by atoms with van der Waals surface area (Å²) in [4.78, 5) is 10.8. The first-order valence-corrected chi connectivity index (χ1v) is 6.15. The van der Waals surface area contributed by atoms with E-state index in [1.807, 2.05) is 6.92 Å². The summed E-state index contributed by atoms with van der Waals surface area (Å²) >= 11 is 0. The zero-order valence-electron chi connectivity index (χ0n) is 10.6.